The molecular weight excluding hydrogens is 226 g/mol. The molecule has 0 amide bonds. The fraction of sp³-hybridized carbons (Fsp3) is 0.500. The van der Waals surface area contributed by atoms with Crippen LogP contribution in [-0.4, -0.2) is 46.0 Å². The molecule has 0 radical (unpaired) electrons. The van der Waals surface area contributed by atoms with Crippen molar-refractivity contribution in [2.75, 3.05) is 0 Å². The molecule has 1 unspecified atom stereocenters. The van der Waals surface area contributed by atoms with Crippen LogP contribution in [-0.2, 0) is 11.3 Å². The van der Waals surface area contributed by atoms with Crippen molar-refractivity contribution in [3.8, 4) is 0 Å². The predicted octanol–water partition coefficient (Wildman–Crippen LogP) is -0.651. The van der Waals surface area contributed by atoms with Gasteiger partial charge in [0.2, 0.25) is 0 Å². The lowest BCUT2D eigenvalue weighted by molar-refractivity contribution is -0.137. The Morgan fingerprint density at radius 1 is 1.59 bits per heavy atom. The van der Waals surface area contributed by atoms with E-state index in [1.54, 1.807) is 17.9 Å². The van der Waals surface area contributed by atoms with Crippen molar-refractivity contribution < 1.29 is 9.90 Å². The van der Waals surface area contributed by atoms with Crippen molar-refractivity contribution in [2.45, 2.75) is 25.9 Å². The minimum absolute atomic E-state index is 0.0323. The molecule has 0 saturated heterocycles. The molecular formula is C8H11N7O2. The molecule has 9 nitrogen and oxygen atoms in total. The molecule has 1 atom stereocenters. The molecule has 2 heterocycles. The molecule has 1 N–H and O–H groups in total. The molecule has 0 aliphatic carbocycles. The van der Waals surface area contributed by atoms with Crippen LogP contribution in [0.25, 0.3) is 0 Å². The van der Waals surface area contributed by atoms with Crippen LogP contribution in [0.4, 0.5) is 0 Å². The van der Waals surface area contributed by atoms with Crippen molar-refractivity contribution in [3.05, 3.63) is 18.5 Å². The van der Waals surface area contributed by atoms with Crippen molar-refractivity contribution in [1.82, 2.24) is 35.0 Å². The maximum absolute atomic E-state index is 10.6. The third kappa shape index (κ3) is 2.62. The van der Waals surface area contributed by atoms with Crippen molar-refractivity contribution >= 4 is 5.97 Å². The number of carboxylic acid groups (broad SMARTS) is 1. The van der Waals surface area contributed by atoms with Crippen LogP contribution in [0.1, 0.15) is 25.2 Å². The van der Waals surface area contributed by atoms with Gasteiger partial charge >= 0.3 is 5.97 Å². The number of nitrogens with zero attached hydrogens (tertiary/aromatic N) is 7. The smallest absolute Gasteiger partial charge is 0.305 e. The summed E-state index contributed by atoms with van der Waals surface area (Å²) in [4.78, 5) is 14.4. The van der Waals surface area contributed by atoms with Gasteiger partial charge in [-0.25, -0.2) is 14.3 Å². The van der Waals surface area contributed by atoms with Crippen molar-refractivity contribution in [3.63, 3.8) is 0 Å². The molecule has 0 fully saturated rings. The van der Waals surface area contributed by atoms with E-state index in [0.717, 1.165) is 0 Å². The van der Waals surface area contributed by atoms with E-state index in [0.29, 0.717) is 12.4 Å². The molecule has 2 rings (SSSR count). The average molecular weight is 237 g/mol. The Morgan fingerprint density at radius 3 is 3.06 bits per heavy atom. The molecule has 0 bridgehead atoms. The summed E-state index contributed by atoms with van der Waals surface area (Å²) in [5.41, 5.74) is 0. The van der Waals surface area contributed by atoms with E-state index in [4.69, 9.17) is 5.11 Å². The zero-order valence-electron chi connectivity index (χ0n) is 9.13. The van der Waals surface area contributed by atoms with Gasteiger partial charge in [0, 0.05) is 0 Å². The van der Waals surface area contributed by atoms with Gasteiger partial charge in [0.25, 0.3) is 0 Å². The van der Waals surface area contributed by atoms with E-state index >= 15 is 0 Å². The lowest BCUT2D eigenvalue weighted by Crippen LogP contribution is -2.17. The number of carboxylic acids is 1. The standard InChI is InChI=1S/C8H11N7O2/c1-6(2-8(16)17)15-7(11-12-13-15)3-14-5-9-4-10-14/h4-6H,2-3H2,1H3,(H,16,17). The highest BCUT2D eigenvalue weighted by Gasteiger charge is 2.16. The van der Waals surface area contributed by atoms with Crippen LogP contribution in [0.2, 0.25) is 0 Å². The number of aliphatic carboxylic acids is 1. The van der Waals surface area contributed by atoms with Crippen LogP contribution in [0.5, 0.6) is 0 Å². The second kappa shape index (κ2) is 4.68. The van der Waals surface area contributed by atoms with E-state index in [2.05, 4.69) is 25.6 Å². The summed E-state index contributed by atoms with van der Waals surface area (Å²) in [5, 5.41) is 23.8. The topological polar surface area (TPSA) is 112 Å². The minimum Gasteiger partial charge on any atom is -0.481 e. The van der Waals surface area contributed by atoms with Gasteiger partial charge in [0.15, 0.2) is 5.82 Å². The Labute approximate surface area is 96.1 Å². The van der Waals surface area contributed by atoms with Gasteiger partial charge in [-0.15, -0.1) is 5.10 Å². The van der Waals surface area contributed by atoms with Crippen molar-refractivity contribution in [1.29, 1.82) is 0 Å². The number of hydrogen-bond acceptors (Lipinski definition) is 6. The van der Waals surface area contributed by atoms with Gasteiger partial charge in [0.05, 0.1) is 12.5 Å². The van der Waals surface area contributed by atoms with E-state index in [9.17, 15) is 4.79 Å². The third-order valence-electron chi connectivity index (χ3n) is 2.22. The Balaban J connectivity index is 2.13. The highest BCUT2D eigenvalue weighted by molar-refractivity contribution is 5.67. The van der Waals surface area contributed by atoms with Crippen LogP contribution in [0, 0.1) is 0 Å². The molecule has 9 heteroatoms. The largest absolute Gasteiger partial charge is 0.481 e. The molecule has 90 valence electrons. The lowest BCUT2D eigenvalue weighted by Gasteiger charge is -2.10. The van der Waals surface area contributed by atoms with Gasteiger partial charge in [-0.05, 0) is 17.4 Å². The third-order valence-corrected chi connectivity index (χ3v) is 2.22. The second-order valence-electron chi connectivity index (χ2n) is 3.58. The van der Waals surface area contributed by atoms with Crippen LogP contribution in [0.15, 0.2) is 12.7 Å². The summed E-state index contributed by atoms with van der Waals surface area (Å²) < 4.78 is 3.05. The predicted molar refractivity (Wildman–Crippen MR) is 53.9 cm³/mol. The molecule has 0 aromatic carbocycles. The van der Waals surface area contributed by atoms with Gasteiger partial charge in [-0.2, -0.15) is 5.10 Å². The lowest BCUT2D eigenvalue weighted by atomic mass is 10.2. The van der Waals surface area contributed by atoms with E-state index in [1.165, 1.54) is 11.0 Å². The number of carbonyl (C=O) groups is 1. The number of tetrazole rings is 1. The maximum Gasteiger partial charge on any atom is 0.305 e. The van der Waals surface area contributed by atoms with Crippen LogP contribution in [0.3, 0.4) is 0 Å². The summed E-state index contributed by atoms with van der Waals surface area (Å²) >= 11 is 0. The Bertz CT molecular complexity index is 492. The maximum atomic E-state index is 10.6. The van der Waals surface area contributed by atoms with Crippen LogP contribution < -0.4 is 0 Å². The zero-order valence-corrected chi connectivity index (χ0v) is 9.13. The first kappa shape index (κ1) is 11.2. The van der Waals surface area contributed by atoms with Gasteiger partial charge in [0.1, 0.15) is 19.2 Å². The SMILES string of the molecule is CC(CC(=O)O)n1nnnc1Cn1cncn1. The molecule has 0 aliphatic rings. The number of rotatable bonds is 5. The van der Waals surface area contributed by atoms with E-state index < -0.39 is 5.97 Å². The Kier molecular flexibility index (Phi) is 3.08. The van der Waals surface area contributed by atoms with E-state index in [1.807, 2.05) is 0 Å². The summed E-state index contributed by atoms with van der Waals surface area (Å²) in [6, 6.07) is -0.305. The second-order valence-corrected chi connectivity index (χ2v) is 3.58. The molecule has 2 aromatic heterocycles. The van der Waals surface area contributed by atoms with Crippen LogP contribution >= 0.6 is 0 Å². The summed E-state index contributed by atoms with van der Waals surface area (Å²) in [7, 11) is 0. The Morgan fingerprint density at radius 2 is 2.41 bits per heavy atom. The average Bonchev–Trinajstić information content (AvgIpc) is 2.88. The molecule has 0 spiro atoms. The fourth-order valence-corrected chi connectivity index (χ4v) is 1.46. The molecule has 17 heavy (non-hydrogen) atoms. The first-order valence-corrected chi connectivity index (χ1v) is 4.97. The quantitative estimate of drug-likeness (QED) is 0.735. The van der Waals surface area contributed by atoms with Gasteiger partial charge < -0.3 is 5.11 Å². The summed E-state index contributed by atoms with van der Waals surface area (Å²) in [6.45, 7) is 2.10. The summed E-state index contributed by atoms with van der Waals surface area (Å²) in [5.74, 6) is -0.344. The van der Waals surface area contributed by atoms with Gasteiger partial charge in [-0.1, -0.05) is 0 Å². The highest BCUT2D eigenvalue weighted by Crippen LogP contribution is 2.10. The molecule has 0 aliphatic heterocycles. The molecule has 0 saturated carbocycles. The number of aromatic nitrogens is 7. The summed E-state index contributed by atoms with van der Waals surface area (Å²) in [6.07, 6.45) is 2.92. The number of hydrogen-bond donors (Lipinski definition) is 1. The monoisotopic (exact) mass is 237 g/mol. The zero-order chi connectivity index (χ0) is 12.3. The normalized spacial score (nSPS) is 12.5. The molecule has 2 aromatic rings. The van der Waals surface area contributed by atoms with E-state index in [-0.39, 0.29) is 12.5 Å². The first-order chi connectivity index (χ1) is 8.16. The Hall–Kier alpha value is -2.32. The fourth-order valence-electron chi connectivity index (χ4n) is 1.46. The minimum atomic E-state index is -0.889. The first-order valence-electron chi connectivity index (χ1n) is 4.97. The van der Waals surface area contributed by atoms with Gasteiger partial charge in [-0.3, -0.25) is 4.79 Å². The highest BCUT2D eigenvalue weighted by atomic mass is 16.4. The van der Waals surface area contributed by atoms with Crippen molar-refractivity contribution in [2.24, 2.45) is 0 Å².